The van der Waals surface area contributed by atoms with Crippen LogP contribution in [0.3, 0.4) is 0 Å². The smallest absolute Gasteiger partial charge is 0.410 e. The van der Waals surface area contributed by atoms with E-state index in [0.717, 1.165) is 0 Å². The van der Waals surface area contributed by atoms with Crippen molar-refractivity contribution in [2.75, 3.05) is 12.5 Å². The van der Waals surface area contributed by atoms with Crippen LogP contribution in [-0.2, 0) is 4.74 Å². The summed E-state index contributed by atoms with van der Waals surface area (Å²) in [7, 11) is 0. The van der Waals surface area contributed by atoms with Crippen LogP contribution in [0.2, 0.25) is 0 Å². The molecule has 1 amide bonds. The van der Waals surface area contributed by atoms with E-state index in [1.165, 1.54) is 0 Å². The Balaban J connectivity index is 4.13. The van der Waals surface area contributed by atoms with E-state index in [2.05, 4.69) is 0 Å². The summed E-state index contributed by atoms with van der Waals surface area (Å²) in [6.07, 6.45) is -0.286. The topological polar surface area (TPSA) is 29.5 Å². The maximum atomic E-state index is 11.4. The van der Waals surface area contributed by atoms with Gasteiger partial charge in [-0.3, -0.25) is 0 Å². The average Bonchev–Trinajstić information content (AvgIpc) is 1.99. The van der Waals surface area contributed by atoms with Gasteiger partial charge in [-0.25, -0.2) is 4.79 Å². The molecule has 78 valence electrons. The van der Waals surface area contributed by atoms with Crippen molar-refractivity contribution in [2.45, 2.75) is 39.8 Å². The Labute approximate surface area is 85.0 Å². The van der Waals surface area contributed by atoms with Crippen molar-refractivity contribution in [3.05, 3.63) is 0 Å². The van der Waals surface area contributed by atoms with Gasteiger partial charge in [-0.2, -0.15) is 0 Å². The predicted molar refractivity (Wildman–Crippen MR) is 54.2 cm³/mol. The highest BCUT2D eigenvalue weighted by molar-refractivity contribution is 6.18. The lowest BCUT2D eigenvalue weighted by atomic mass is 10.2. The van der Waals surface area contributed by atoms with Crippen LogP contribution in [0, 0.1) is 0 Å². The van der Waals surface area contributed by atoms with Crippen molar-refractivity contribution < 1.29 is 9.53 Å². The maximum absolute atomic E-state index is 11.4. The molecule has 13 heavy (non-hydrogen) atoms. The van der Waals surface area contributed by atoms with Gasteiger partial charge in [0.05, 0.1) is 5.88 Å². The number of carbonyl (C=O) groups is 1. The zero-order valence-corrected chi connectivity index (χ0v) is 9.47. The summed E-state index contributed by atoms with van der Waals surface area (Å²) in [6, 6.07) is 0.311. The van der Waals surface area contributed by atoms with Gasteiger partial charge in [-0.05, 0) is 27.7 Å². The fourth-order valence-corrected chi connectivity index (χ4v) is 1.30. The van der Waals surface area contributed by atoms with Crippen molar-refractivity contribution in [1.29, 1.82) is 0 Å². The third kappa shape index (κ3) is 4.36. The Hall–Kier alpha value is -0.440. The number of nitrogens with zero attached hydrogens (tertiary/aromatic N) is 1. The van der Waals surface area contributed by atoms with Crippen LogP contribution in [-0.4, -0.2) is 35.6 Å². The van der Waals surface area contributed by atoms with E-state index < -0.39 is 0 Å². The normalized spacial score (nSPS) is 10.7. The minimum atomic E-state index is -0.286. The molecule has 0 fully saturated rings. The molecule has 0 spiro atoms. The molecule has 0 aromatic rings. The number of amides is 1. The second kappa shape index (κ2) is 6.08. The van der Waals surface area contributed by atoms with Gasteiger partial charge in [0, 0.05) is 12.1 Å². The van der Waals surface area contributed by atoms with Crippen LogP contribution in [0.1, 0.15) is 27.7 Å². The summed E-state index contributed by atoms with van der Waals surface area (Å²) in [5.74, 6) is 0.343. The molecule has 0 rings (SSSR count). The van der Waals surface area contributed by atoms with Gasteiger partial charge in [0.15, 0.2) is 0 Å². The molecule has 0 aliphatic carbocycles. The SMILES string of the molecule is CC(C)N(C(=O)OCCCl)C(C)C. The molecule has 4 heteroatoms. The largest absolute Gasteiger partial charge is 0.448 e. The molecule has 0 saturated carbocycles. The van der Waals surface area contributed by atoms with E-state index in [4.69, 9.17) is 16.3 Å². The van der Waals surface area contributed by atoms with Crippen LogP contribution < -0.4 is 0 Å². The van der Waals surface area contributed by atoms with E-state index in [0.29, 0.717) is 5.88 Å². The quantitative estimate of drug-likeness (QED) is 0.663. The van der Waals surface area contributed by atoms with Crippen molar-refractivity contribution >= 4 is 17.7 Å². The molecule has 0 atom stereocenters. The summed E-state index contributed by atoms with van der Waals surface area (Å²) in [5.41, 5.74) is 0. The number of alkyl halides is 1. The van der Waals surface area contributed by atoms with Gasteiger partial charge in [0.25, 0.3) is 0 Å². The van der Waals surface area contributed by atoms with Gasteiger partial charge in [-0.15, -0.1) is 11.6 Å². The molecule has 0 heterocycles. The van der Waals surface area contributed by atoms with Crippen LogP contribution in [0.15, 0.2) is 0 Å². The third-order valence-electron chi connectivity index (χ3n) is 1.63. The molecule has 3 nitrogen and oxygen atoms in total. The van der Waals surface area contributed by atoms with E-state index in [-0.39, 0.29) is 24.8 Å². The molecular formula is C9H18ClNO2. The molecule has 0 aliphatic heterocycles. The van der Waals surface area contributed by atoms with Crippen LogP contribution in [0.4, 0.5) is 4.79 Å². The van der Waals surface area contributed by atoms with E-state index in [1.807, 2.05) is 27.7 Å². The first kappa shape index (κ1) is 12.6. The van der Waals surface area contributed by atoms with Gasteiger partial charge in [-0.1, -0.05) is 0 Å². The number of halogens is 1. The van der Waals surface area contributed by atoms with Crippen LogP contribution >= 0.6 is 11.6 Å². The predicted octanol–water partition coefficient (Wildman–Crippen LogP) is 2.48. The lowest BCUT2D eigenvalue weighted by Crippen LogP contribution is -2.42. The van der Waals surface area contributed by atoms with Crippen LogP contribution in [0.25, 0.3) is 0 Å². The van der Waals surface area contributed by atoms with Gasteiger partial charge in [0.2, 0.25) is 0 Å². The zero-order chi connectivity index (χ0) is 10.4. The summed E-state index contributed by atoms with van der Waals surface area (Å²) in [4.78, 5) is 13.1. The van der Waals surface area contributed by atoms with Crippen molar-refractivity contribution in [2.24, 2.45) is 0 Å². The monoisotopic (exact) mass is 207 g/mol. The molecule has 0 aromatic heterocycles. The minimum Gasteiger partial charge on any atom is -0.448 e. The van der Waals surface area contributed by atoms with E-state index in [1.54, 1.807) is 4.90 Å². The molecule has 0 aromatic carbocycles. The highest BCUT2D eigenvalue weighted by Crippen LogP contribution is 2.07. The Bertz CT molecular complexity index is 152. The van der Waals surface area contributed by atoms with Crippen molar-refractivity contribution in [3.8, 4) is 0 Å². The summed E-state index contributed by atoms with van der Waals surface area (Å²) in [5, 5.41) is 0. The number of carbonyl (C=O) groups excluding carboxylic acids is 1. The number of ether oxygens (including phenoxy) is 1. The first-order chi connectivity index (χ1) is 6.00. The zero-order valence-electron chi connectivity index (χ0n) is 8.71. The first-order valence-corrected chi connectivity index (χ1v) is 5.05. The Morgan fingerprint density at radius 3 is 2.08 bits per heavy atom. The second-order valence-electron chi connectivity index (χ2n) is 3.40. The molecule has 0 unspecified atom stereocenters. The summed E-state index contributed by atoms with van der Waals surface area (Å²) in [6.45, 7) is 8.12. The Kier molecular flexibility index (Phi) is 5.88. The van der Waals surface area contributed by atoms with E-state index >= 15 is 0 Å². The standard InChI is InChI=1S/C9H18ClNO2/c1-7(2)11(8(3)4)9(12)13-6-5-10/h7-8H,5-6H2,1-4H3. The number of hydrogen-bond donors (Lipinski definition) is 0. The third-order valence-corrected chi connectivity index (χ3v) is 1.78. The van der Waals surface area contributed by atoms with Gasteiger partial charge >= 0.3 is 6.09 Å². The molecule has 0 radical (unpaired) electrons. The Morgan fingerprint density at radius 1 is 1.31 bits per heavy atom. The first-order valence-electron chi connectivity index (χ1n) is 4.51. The molecule has 0 N–H and O–H groups in total. The summed E-state index contributed by atoms with van der Waals surface area (Å²) >= 11 is 5.41. The highest BCUT2D eigenvalue weighted by atomic mass is 35.5. The van der Waals surface area contributed by atoms with Gasteiger partial charge in [0.1, 0.15) is 6.61 Å². The average molecular weight is 208 g/mol. The fraction of sp³-hybridized carbons (Fsp3) is 0.889. The van der Waals surface area contributed by atoms with Crippen LogP contribution in [0.5, 0.6) is 0 Å². The highest BCUT2D eigenvalue weighted by Gasteiger charge is 2.20. The number of rotatable bonds is 4. The molecule has 0 saturated heterocycles. The molecule has 0 aliphatic rings. The lowest BCUT2D eigenvalue weighted by Gasteiger charge is -2.29. The molecular weight excluding hydrogens is 190 g/mol. The maximum Gasteiger partial charge on any atom is 0.410 e. The number of hydrogen-bond acceptors (Lipinski definition) is 2. The van der Waals surface area contributed by atoms with Gasteiger partial charge < -0.3 is 9.64 Å². The van der Waals surface area contributed by atoms with E-state index in [9.17, 15) is 4.79 Å². The second-order valence-corrected chi connectivity index (χ2v) is 3.78. The fourth-order valence-electron chi connectivity index (χ4n) is 1.22. The van der Waals surface area contributed by atoms with Crippen molar-refractivity contribution in [3.63, 3.8) is 0 Å². The Morgan fingerprint density at radius 2 is 1.77 bits per heavy atom. The van der Waals surface area contributed by atoms with Crippen molar-refractivity contribution in [1.82, 2.24) is 4.90 Å². The molecule has 0 bridgehead atoms. The lowest BCUT2D eigenvalue weighted by molar-refractivity contribution is 0.0838. The summed E-state index contributed by atoms with van der Waals surface area (Å²) < 4.78 is 4.93. The minimum absolute atomic E-state index is 0.155.